The van der Waals surface area contributed by atoms with Crippen LogP contribution >= 0.6 is 0 Å². The van der Waals surface area contributed by atoms with Gasteiger partial charge in [0.25, 0.3) is 5.91 Å². The number of phenols is 1. The maximum Gasteiger partial charge on any atom is 0.306 e. The topological polar surface area (TPSA) is 84.9 Å². The maximum atomic E-state index is 12.5. The number of phenolic OH excluding ortho intramolecular Hbond substituents is 1. The Balaban J connectivity index is 2.07. The van der Waals surface area contributed by atoms with Gasteiger partial charge in [-0.25, -0.2) is 0 Å². The van der Waals surface area contributed by atoms with E-state index in [1.165, 1.54) is 7.11 Å². The fraction of sp³-hybridized carbons (Fsp3) is 0.481. The first-order valence-electron chi connectivity index (χ1n) is 11.2. The zero-order chi connectivity index (χ0) is 25.0. The lowest BCUT2D eigenvalue weighted by Gasteiger charge is -2.28. The number of methoxy groups -OCH3 is 1. The predicted octanol–water partition coefficient (Wildman–Crippen LogP) is 5.50. The monoisotopic (exact) mass is 455 g/mol. The summed E-state index contributed by atoms with van der Waals surface area (Å²) in [6.45, 7) is 13.8. The van der Waals surface area contributed by atoms with Gasteiger partial charge in [-0.1, -0.05) is 65.8 Å². The molecule has 0 spiro atoms. The fourth-order valence-electron chi connectivity index (χ4n) is 3.52. The second-order valence-corrected chi connectivity index (χ2v) is 10.4. The van der Waals surface area contributed by atoms with Crippen molar-refractivity contribution >= 4 is 17.6 Å². The molecule has 2 aromatic rings. The number of amides is 1. The van der Waals surface area contributed by atoms with Crippen molar-refractivity contribution < 1.29 is 24.2 Å². The summed E-state index contributed by atoms with van der Waals surface area (Å²) in [7, 11) is 1.52. The van der Waals surface area contributed by atoms with Gasteiger partial charge < -0.3 is 19.9 Å². The Morgan fingerprint density at radius 3 is 2.06 bits per heavy atom. The number of para-hydroxylation sites is 2. The smallest absolute Gasteiger partial charge is 0.306 e. The van der Waals surface area contributed by atoms with Gasteiger partial charge in [-0.3, -0.25) is 9.59 Å². The van der Waals surface area contributed by atoms with Crippen LogP contribution in [-0.4, -0.2) is 30.2 Å². The van der Waals surface area contributed by atoms with Gasteiger partial charge >= 0.3 is 5.97 Å². The summed E-state index contributed by atoms with van der Waals surface area (Å²) in [5.74, 6) is -0.0492. The number of rotatable bonds is 7. The molecule has 0 aromatic heterocycles. The number of nitrogens with one attached hydrogen (secondary N) is 1. The number of aromatic hydroxyl groups is 1. The van der Waals surface area contributed by atoms with Crippen molar-refractivity contribution in [3.05, 3.63) is 53.1 Å². The molecular formula is C27H37NO5. The highest BCUT2D eigenvalue weighted by Gasteiger charge is 2.27. The molecule has 1 amide bonds. The molecular weight excluding hydrogens is 418 g/mol. The van der Waals surface area contributed by atoms with Crippen LogP contribution in [0.2, 0.25) is 0 Å². The first-order chi connectivity index (χ1) is 15.2. The Kier molecular flexibility index (Phi) is 8.17. The molecule has 0 saturated carbocycles. The molecule has 2 aromatic carbocycles. The van der Waals surface area contributed by atoms with Crippen molar-refractivity contribution in [3.63, 3.8) is 0 Å². The van der Waals surface area contributed by atoms with Crippen LogP contribution in [-0.2, 0) is 31.6 Å². The zero-order valence-electron chi connectivity index (χ0n) is 21.0. The molecule has 0 saturated heterocycles. The third-order valence-electron chi connectivity index (χ3n) is 5.45. The van der Waals surface area contributed by atoms with Crippen LogP contribution in [0.15, 0.2) is 36.4 Å². The molecule has 0 aliphatic carbocycles. The first kappa shape index (κ1) is 26.2. The molecule has 2 N–H and O–H groups in total. The minimum absolute atomic E-state index is 0.129. The third kappa shape index (κ3) is 6.98. The number of carbonyl (C=O) groups excluding carboxylic acids is 2. The van der Waals surface area contributed by atoms with Crippen LogP contribution in [0.5, 0.6) is 11.5 Å². The van der Waals surface area contributed by atoms with Crippen molar-refractivity contribution in [1.29, 1.82) is 0 Å². The highest BCUT2D eigenvalue weighted by atomic mass is 16.5. The van der Waals surface area contributed by atoms with Crippen molar-refractivity contribution in [1.82, 2.24) is 0 Å². The number of aryl methyl sites for hydroxylation is 1. The maximum absolute atomic E-state index is 12.5. The van der Waals surface area contributed by atoms with Crippen molar-refractivity contribution in [2.24, 2.45) is 0 Å². The van der Waals surface area contributed by atoms with E-state index < -0.39 is 18.0 Å². The quantitative estimate of drug-likeness (QED) is 0.539. The number of ether oxygens (including phenoxy) is 2. The molecule has 0 radical (unpaired) electrons. The van der Waals surface area contributed by atoms with Crippen LogP contribution in [0.25, 0.3) is 0 Å². The van der Waals surface area contributed by atoms with Crippen LogP contribution in [0.1, 0.15) is 71.6 Å². The second-order valence-electron chi connectivity index (χ2n) is 10.4. The summed E-state index contributed by atoms with van der Waals surface area (Å²) in [6, 6.07) is 10.9. The van der Waals surface area contributed by atoms with Gasteiger partial charge in [-0.15, -0.1) is 0 Å². The van der Waals surface area contributed by atoms with E-state index >= 15 is 0 Å². The van der Waals surface area contributed by atoms with E-state index in [0.717, 1.165) is 16.7 Å². The summed E-state index contributed by atoms with van der Waals surface area (Å²) in [5, 5.41) is 13.6. The van der Waals surface area contributed by atoms with E-state index in [2.05, 4.69) is 46.9 Å². The summed E-state index contributed by atoms with van der Waals surface area (Å²) in [6.07, 6.45) is -0.367. The molecule has 2 rings (SSSR count). The van der Waals surface area contributed by atoms with Crippen LogP contribution in [0.3, 0.4) is 0 Å². The second kappa shape index (κ2) is 10.3. The first-order valence-corrected chi connectivity index (χ1v) is 11.2. The largest absolute Gasteiger partial charge is 0.507 e. The van der Waals surface area contributed by atoms with Gasteiger partial charge in [0.15, 0.2) is 6.10 Å². The summed E-state index contributed by atoms with van der Waals surface area (Å²) in [5.41, 5.74) is 2.68. The minimum Gasteiger partial charge on any atom is -0.507 e. The zero-order valence-corrected chi connectivity index (χ0v) is 21.0. The van der Waals surface area contributed by atoms with Crippen molar-refractivity contribution in [2.45, 2.75) is 78.2 Å². The lowest BCUT2D eigenvalue weighted by atomic mass is 9.78. The van der Waals surface area contributed by atoms with Gasteiger partial charge in [-0.05, 0) is 53.0 Å². The van der Waals surface area contributed by atoms with Gasteiger partial charge in [0.05, 0.1) is 12.8 Å². The summed E-state index contributed by atoms with van der Waals surface area (Å²) in [4.78, 5) is 24.9. The van der Waals surface area contributed by atoms with Gasteiger partial charge in [0, 0.05) is 6.42 Å². The molecule has 0 aliphatic rings. The Bertz CT molecular complexity index is 963. The molecule has 6 heteroatoms. The van der Waals surface area contributed by atoms with Gasteiger partial charge in [-0.2, -0.15) is 0 Å². The Morgan fingerprint density at radius 1 is 1.00 bits per heavy atom. The summed E-state index contributed by atoms with van der Waals surface area (Å²) >= 11 is 0. The lowest BCUT2D eigenvalue weighted by Crippen LogP contribution is -2.30. The Hall–Kier alpha value is -3.02. The molecule has 0 aliphatic heterocycles. The highest BCUT2D eigenvalue weighted by molar-refractivity contribution is 5.96. The standard InChI is InChI=1S/C27H37NO5/c1-17(25(31)28-21-11-9-10-12-22(21)32-8)33-23(29)14-13-18-15-19(26(2,3)4)24(30)20(16-18)27(5,6)7/h9-12,15-17,30H,13-14H2,1-8H3,(H,28,31). The number of anilines is 1. The minimum atomic E-state index is -0.947. The molecule has 1 atom stereocenters. The molecule has 180 valence electrons. The normalized spacial score (nSPS) is 12.7. The van der Waals surface area contributed by atoms with Gasteiger partial charge in [0.2, 0.25) is 0 Å². The molecule has 6 nitrogen and oxygen atoms in total. The average molecular weight is 456 g/mol. The molecule has 1 unspecified atom stereocenters. The van der Waals surface area contributed by atoms with Crippen molar-refractivity contribution in [2.75, 3.05) is 12.4 Å². The van der Waals surface area contributed by atoms with Crippen LogP contribution < -0.4 is 10.1 Å². The predicted molar refractivity (Wildman–Crippen MR) is 131 cm³/mol. The van der Waals surface area contributed by atoms with E-state index in [9.17, 15) is 14.7 Å². The molecule has 0 bridgehead atoms. The van der Waals surface area contributed by atoms with E-state index in [0.29, 0.717) is 23.6 Å². The van der Waals surface area contributed by atoms with E-state index in [-0.39, 0.29) is 17.3 Å². The van der Waals surface area contributed by atoms with Crippen molar-refractivity contribution in [3.8, 4) is 11.5 Å². The third-order valence-corrected chi connectivity index (χ3v) is 5.45. The SMILES string of the molecule is COc1ccccc1NC(=O)C(C)OC(=O)CCc1cc(C(C)(C)C)c(O)c(C(C)(C)C)c1. The van der Waals surface area contributed by atoms with Crippen LogP contribution in [0, 0.1) is 0 Å². The molecule has 0 heterocycles. The number of carbonyl (C=O) groups is 2. The number of hydrogen-bond donors (Lipinski definition) is 2. The number of esters is 1. The molecule has 0 fully saturated rings. The Labute approximate surface area is 197 Å². The average Bonchev–Trinajstić information content (AvgIpc) is 2.71. The van der Waals surface area contributed by atoms with E-state index in [4.69, 9.17) is 9.47 Å². The highest BCUT2D eigenvalue weighted by Crippen LogP contribution is 2.40. The number of benzene rings is 2. The van der Waals surface area contributed by atoms with Gasteiger partial charge in [0.1, 0.15) is 11.5 Å². The molecule has 33 heavy (non-hydrogen) atoms. The number of hydrogen-bond acceptors (Lipinski definition) is 5. The van der Waals surface area contributed by atoms with Crippen LogP contribution in [0.4, 0.5) is 5.69 Å². The Morgan fingerprint density at radius 2 is 1.55 bits per heavy atom. The fourth-order valence-corrected chi connectivity index (χ4v) is 3.52. The van der Waals surface area contributed by atoms with E-state index in [1.807, 2.05) is 12.1 Å². The lowest BCUT2D eigenvalue weighted by molar-refractivity contribution is -0.153. The summed E-state index contributed by atoms with van der Waals surface area (Å²) < 4.78 is 10.6. The van der Waals surface area contributed by atoms with E-state index in [1.54, 1.807) is 31.2 Å².